The minimum Gasteiger partial charge on any atom is -0.457 e. The van der Waals surface area contributed by atoms with Gasteiger partial charge in [-0.2, -0.15) is 0 Å². The van der Waals surface area contributed by atoms with E-state index in [0.29, 0.717) is 11.3 Å². The number of carbonyl (C=O) groups excluding carboxylic acids is 2. The van der Waals surface area contributed by atoms with Gasteiger partial charge in [0.2, 0.25) is 5.91 Å². The fourth-order valence-corrected chi connectivity index (χ4v) is 1.91. The maximum Gasteiger partial charge on any atom is 0.340 e. The normalized spacial score (nSPS) is 10.0. The van der Waals surface area contributed by atoms with Gasteiger partial charge < -0.3 is 9.64 Å². The van der Waals surface area contributed by atoms with Gasteiger partial charge in [-0.25, -0.2) is 4.79 Å². The largest absolute Gasteiger partial charge is 0.457 e. The molecule has 4 nitrogen and oxygen atoms in total. The van der Waals surface area contributed by atoms with Gasteiger partial charge in [-0.1, -0.05) is 42.5 Å². The summed E-state index contributed by atoms with van der Waals surface area (Å²) < 4.78 is 5.31. The van der Waals surface area contributed by atoms with Crippen LogP contribution in [0.4, 0.5) is 5.69 Å². The van der Waals surface area contributed by atoms with Crippen molar-refractivity contribution in [3.63, 3.8) is 0 Å². The molecule has 0 unspecified atom stereocenters. The standard InChI is InChI=1S/C17H17NO3/c1-13(19)18(2)16-11-7-6-10-15(16)17(20)21-12-14-8-4-3-5-9-14/h3-11H,12H2,1-2H3. The highest BCUT2D eigenvalue weighted by Gasteiger charge is 2.17. The van der Waals surface area contributed by atoms with Gasteiger partial charge in [0.25, 0.3) is 0 Å². The molecule has 0 atom stereocenters. The molecule has 0 aromatic heterocycles. The number of esters is 1. The van der Waals surface area contributed by atoms with E-state index in [1.165, 1.54) is 11.8 Å². The molecule has 21 heavy (non-hydrogen) atoms. The maximum atomic E-state index is 12.2. The number of ether oxygens (including phenoxy) is 1. The second kappa shape index (κ2) is 6.70. The van der Waals surface area contributed by atoms with E-state index in [-0.39, 0.29) is 12.5 Å². The lowest BCUT2D eigenvalue weighted by Gasteiger charge is -2.18. The Labute approximate surface area is 124 Å². The Kier molecular flexibility index (Phi) is 4.72. The van der Waals surface area contributed by atoms with Crippen molar-refractivity contribution in [3.05, 3.63) is 65.7 Å². The summed E-state index contributed by atoms with van der Waals surface area (Å²) in [5.74, 6) is -0.583. The average molecular weight is 283 g/mol. The van der Waals surface area contributed by atoms with Gasteiger partial charge in [0.1, 0.15) is 6.61 Å². The highest BCUT2D eigenvalue weighted by atomic mass is 16.5. The van der Waals surface area contributed by atoms with Gasteiger partial charge in [0.05, 0.1) is 11.3 Å². The molecular formula is C17H17NO3. The number of rotatable bonds is 4. The van der Waals surface area contributed by atoms with Crippen LogP contribution in [0.3, 0.4) is 0 Å². The Bertz CT molecular complexity index is 637. The van der Waals surface area contributed by atoms with Crippen LogP contribution >= 0.6 is 0 Å². The van der Waals surface area contributed by atoms with E-state index in [0.717, 1.165) is 5.56 Å². The first-order chi connectivity index (χ1) is 10.1. The molecule has 0 radical (unpaired) electrons. The zero-order valence-corrected chi connectivity index (χ0v) is 12.1. The third-order valence-electron chi connectivity index (χ3n) is 3.17. The van der Waals surface area contributed by atoms with E-state index in [4.69, 9.17) is 4.74 Å². The van der Waals surface area contributed by atoms with E-state index in [1.54, 1.807) is 31.3 Å². The first-order valence-electron chi connectivity index (χ1n) is 6.64. The SMILES string of the molecule is CC(=O)N(C)c1ccccc1C(=O)OCc1ccccc1. The number of benzene rings is 2. The molecule has 2 rings (SSSR count). The third kappa shape index (κ3) is 3.69. The zero-order chi connectivity index (χ0) is 15.2. The number of nitrogens with zero attached hydrogens (tertiary/aromatic N) is 1. The van der Waals surface area contributed by atoms with Crippen molar-refractivity contribution in [3.8, 4) is 0 Å². The monoisotopic (exact) mass is 283 g/mol. The fraction of sp³-hybridized carbons (Fsp3) is 0.176. The number of hydrogen-bond acceptors (Lipinski definition) is 3. The predicted octanol–water partition coefficient (Wildman–Crippen LogP) is 3.03. The van der Waals surface area contributed by atoms with E-state index in [2.05, 4.69) is 0 Å². The van der Waals surface area contributed by atoms with Gasteiger partial charge in [-0.3, -0.25) is 4.79 Å². The Morgan fingerprint density at radius 2 is 1.62 bits per heavy atom. The number of anilines is 1. The molecule has 1 amide bonds. The average Bonchev–Trinajstić information content (AvgIpc) is 2.52. The van der Waals surface area contributed by atoms with Crippen LogP contribution in [-0.4, -0.2) is 18.9 Å². The smallest absolute Gasteiger partial charge is 0.340 e. The third-order valence-corrected chi connectivity index (χ3v) is 3.17. The van der Waals surface area contributed by atoms with Gasteiger partial charge >= 0.3 is 5.97 Å². The summed E-state index contributed by atoms with van der Waals surface area (Å²) >= 11 is 0. The molecule has 4 heteroatoms. The molecule has 0 aliphatic heterocycles. The lowest BCUT2D eigenvalue weighted by molar-refractivity contribution is -0.116. The summed E-state index contributed by atoms with van der Waals surface area (Å²) in [6.07, 6.45) is 0. The Balaban J connectivity index is 2.14. The van der Waals surface area contributed by atoms with Crippen LogP contribution in [0.5, 0.6) is 0 Å². The van der Waals surface area contributed by atoms with Crippen molar-refractivity contribution in [2.75, 3.05) is 11.9 Å². The highest BCUT2D eigenvalue weighted by Crippen LogP contribution is 2.20. The molecule has 0 aliphatic carbocycles. The van der Waals surface area contributed by atoms with Crippen molar-refractivity contribution >= 4 is 17.6 Å². The molecule has 0 heterocycles. The van der Waals surface area contributed by atoms with Crippen molar-refractivity contribution in [2.45, 2.75) is 13.5 Å². The van der Waals surface area contributed by atoms with E-state index >= 15 is 0 Å². The van der Waals surface area contributed by atoms with Gasteiger partial charge in [-0.05, 0) is 17.7 Å². The fourth-order valence-electron chi connectivity index (χ4n) is 1.91. The molecule has 0 aliphatic rings. The summed E-state index contributed by atoms with van der Waals surface area (Å²) in [6.45, 7) is 1.66. The van der Waals surface area contributed by atoms with Crippen LogP contribution in [0.25, 0.3) is 0 Å². The molecule has 0 spiro atoms. The summed E-state index contributed by atoms with van der Waals surface area (Å²) in [6, 6.07) is 16.4. The Morgan fingerprint density at radius 3 is 2.29 bits per heavy atom. The summed E-state index contributed by atoms with van der Waals surface area (Å²) in [5.41, 5.74) is 1.84. The summed E-state index contributed by atoms with van der Waals surface area (Å²) in [5, 5.41) is 0. The quantitative estimate of drug-likeness (QED) is 0.810. The minimum absolute atomic E-state index is 0.140. The number of hydrogen-bond donors (Lipinski definition) is 0. The summed E-state index contributed by atoms with van der Waals surface area (Å²) in [4.78, 5) is 25.1. The van der Waals surface area contributed by atoms with Gasteiger partial charge in [0, 0.05) is 14.0 Å². The summed E-state index contributed by atoms with van der Waals surface area (Å²) in [7, 11) is 1.63. The van der Waals surface area contributed by atoms with Crippen LogP contribution in [-0.2, 0) is 16.1 Å². The van der Waals surface area contributed by atoms with Crippen molar-refractivity contribution in [2.24, 2.45) is 0 Å². The molecule has 2 aromatic rings. The van der Waals surface area contributed by atoms with Gasteiger partial charge in [-0.15, -0.1) is 0 Å². The molecule has 2 aromatic carbocycles. The van der Waals surface area contributed by atoms with E-state index in [9.17, 15) is 9.59 Å². The first-order valence-corrected chi connectivity index (χ1v) is 6.64. The molecule has 0 saturated carbocycles. The second-order valence-electron chi connectivity index (χ2n) is 4.66. The zero-order valence-electron chi connectivity index (χ0n) is 12.1. The predicted molar refractivity (Wildman–Crippen MR) is 81.1 cm³/mol. The second-order valence-corrected chi connectivity index (χ2v) is 4.66. The van der Waals surface area contributed by atoms with Crippen LogP contribution in [0.2, 0.25) is 0 Å². The molecule has 0 N–H and O–H groups in total. The van der Waals surface area contributed by atoms with Crippen LogP contribution in [0.15, 0.2) is 54.6 Å². The minimum atomic E-state index is -0.442. The maximum absolute atomic E-state index is 12.2. The van der Waals surface area contributed by atoms with Gasteiger partial charge in [0.15, 0.2) is 0 Å². The molecule has 0 saturated heterocycles. The van der Waals surface area contributed by atoms with Crippen molar-refractivity contribution < 1.29 is 14.3 Å². The van der Waals surface area contributed by atoms with Crippen LogP contribution in [0, 0.1) is 0 Å². The molecule has 0 fully saturated rings. The number of carbonyl (C=O) groups is 2. The molecule has 108 valence electrons. The lowest BCUT2D eigenvalue weighted by Crippen LogP contribution is -2.25. The lowest BCUT2D eigenvalue weighted by atomic mass is 10.1. The van der Waals surface area contributed by atoms with E-state index in [1.807, 2.05) is 30.3 Å². The topological polar surface area (TPSA) is 46.6 Å². The molecular weight excluding hydrogens is 266 g/mol. The van der Waals surface area contributed by atoms with Crippen molar-refractivity contribution in [1.29, 1.82) is 0 Å². The highest BCUT2D eigenvalue weighted by molar-refractivity contribution is 6.01. The first kappa shape index (κ1) is 14.8. The molecule has 0 bridgehead atoms. The van der Waals surface area contributed by atoms with Crippen molar-refractivity contribution in [1.82, 2.24) is 0 Å². The number of para-hydroxylation sites is 1. The van der Waals surface area contributed by atoms with E-state index < -0.39 is 5.97 Å². The Morgan fingerprint density at radius 1 is 1.00 bits per heavy atom. The van der Waals surface area contributed by atoms with Crippen LogP contribution in [0.1, 0.15) is 22.8 Å². The van der Waals surface area contributed by atoms with Crippen LogP contribution < -0.4 is 4.90 Å². The number of amides is 1. The Hall–Kier alpha value is -2.62.